The minimum Gasteiger partial charge on any atom is -0.352 e. The Morgan fingerprint density at radius 2 is 1.80 bits per heavy atom. The van der Waals surface area contributed by atoms with Gasteiger partial charge in [-0.05, 0) is 62.6 Å². The molecule has 3 saturated heterocycles. The number of carbonyl (C=O) groups excluding carboxylic acids is 4. The van der Waals surface area contributed by atoms with E-state index in [2.05, 4.69) is 35.8 Å². The van der Waals surface area contributed by atoms with Gasteiger partial charge in [-0.15, -0.1) is 0 Å². The molecule has 1 aliphatic carbocycles. The Morgan fingerprint density at radius 1 is 1.02 bits per heavy atom. The lowest BCUT2D eigenvalue weighted by Crippen LogP contribution is -2.50. The fraction of sp³-hybridized carbons (Fsp3) is 0.512. The van der Waals surface area contributed by atoms with Gasteiger partial charge in [-0.2, -0.15) is 15.3 Å². The highest BCUT2D eigenvalue weighted by Crippen LogP contribution is 2.36. The summed E-state index contributed by atoms with van der Waals surface area (Å²) in [5.74, 6) is -1.05. The van der Waals surface area contributed by atoms with Gasteiger partial charge in [0.2, 0.25) is 11.8 Å². The molecule has 20 heteroatoms. The SMILES string of the molecule is Cn1nc(C2CCC(=O)NC2=O)c2ccc(C(=O)N3CCN(CC4CCC(n5cc(NC(=O)c6cnn7ccc(N8C[C@H](N)C[C@@H](F)C8)nc67)c(C(F)F)n5)CC4)CC3)cc21. The van der Waals surface area contributed by atoms with Gasteiger partial charge in [-0.1, -0.05) is 6.07 Å². The summed E-state index contributed by atoms with van der Waals surface area (Å²) in [7, 11) is 1.78. The summed E-state index contributed by atoms with van der Waals surface area (Å²) in [6.07, 6.45) is 4.53. The normalized spacial score (nSPS) is 24.2. The number of halogens is 3. The number of nitrogens with one attached hydrogen (secondary N) is 2. The van der Waals surface area contributed by atoms with Crippen molar-refractivity contribution in [2.75, 3.05) is 56.0 Å². The fourth-order valence-corrected chi connectivity index (χ4v) is 9.40. The van der Waals surface area contributed by atoms with Gasteiger partial charge in [0.15, 0.2) is 11.3 Å². The molecule has 0 spiro atoms. The minimum absolute atomic E-state index is 0.0656. The standard InChI is InChI=1S/C41H48F3N13O4/c1-52-32-16-24(4-7-28(32)35(50-52)29-8-9-34(58)49-39(29)59)41(61)54-14-12-53(13-15-54)19-23-2-5-27(6-3-23)57-22-31(36(51-57)37(43)44)47-40(60)30-18-46-56-11-10-33(48-38(30)56)55-20-25(42)17-26(45)21-55/h4,7,10-11,16,18,22-23,25-27,29,37H,2-3,5-6,8-9,12-15,17,19-21,45H2,1H3,(H,47,60)(H,49,58,59)/t23?,25-,26-,27?,29?/m1/s1. The van der Waals surface area contributed by atoms with Crippen LogP contribution in [-0.4, -0.2) is 126 Å². The van der Waals surface area contributed by atoms with Gasteiger partial charge in [0.05, 0.1) is 41.6 Å². The highest BCUT2D eigenvalue weighted by molar-refractivity contribution is 6.08. The molecule has 3 atom stereocenters. The lowest BCUT2D eigenvalue weighted by molar-refractivity contribution is -0.134. The molecule has 4 aliphatic rings. The first-order chi connectivity index (χ1) is 29.4. The van der Waals surface area contributed by atoms with Crippen LogP contribution in [0.15, 0.2) is 42.9 Å². The van der Waals surface area contributed by atoms with E-state index in [9.17, 15) is 32.3 Å². The number of imide groups is 1. The van der Waals surface area contributed by atoms with Gasteiger partial charge in [-0.25, -0.2) is 22.7 Å². The van der Waals surface area contributed by atoms with E-state index in [0.717, 1.165) is 56.2 Å². The quantitative estimate of drug-likeness (QED) is 0.184. The van der Waals surface area contributed by atoms with E-state index in [0.29, 0.717) is 49.0 Å². The summed E-state index contributed by atoms with van der Waals surface area (Å²) in [5.41, 5.74) is 7.61. The van der Waals surface area contributed by atoms with E-state index in [4.69, 9.17) is 5.73 Å². The molecule has 1 saturated carbocycles. The molecule has 7 heterocycles. The molecule has 0 bridgehead atoms. The maximum Gasteiger partial charge on any atom is 0.284 e. The third kappa shape index (κ3) is 8.17. The van der Waals surface area contributed by atoms with Crippen LogP contribution in [0, 0.1) is 5.92 Å². The zero-order chi connectivity index (χ0) is 42.5. The molecule has 1 unspecified atom stereocenters. The molecule has 3 aliphatic heterocycles. The molecule has 4 amide bonds. The zero-order valence-electron chi connectivity index (χ0n) is 33.7. The zero-order valence-corrected chi connectivity index (χ0v) is 33.7. The lowest BCUT2D eigenvalue weighted by atomic mass is 9.85. The Morgan fingerprint density at radius 3 is 2.54 bits per heavy atom. The van der Waals surface area contributed by atoms with Crippen molar-refractivity contribution in [2.24, 2.45) is 18.7 Å². The predicted molar refractivity (Wildman–Crippen MR) is 217 cm³/mol. The second-order valence-electron chi connectivity index (χ2n) is 16.8. The number of piperidine rings is 2. The number of carbonyl (C=O) groups is 4. The number of nitrogens with zero attached hydrogens (tertiary/aromatic N) is 10. The fourth-order valence-electron chi connectivity index (χ4n) is 9.40. The molecule has 1 aromatic carbocycles. The van der Waals surface area contributed by atoms with Gasteiger partial charge >= 0.3 is 0 Å². The molecule has 0 radical (unpaired) electrons. The Hall–Kier alpha value is -5.89. The minimum atomic E-state index is -2.92. The monoisotopic (exact) mass is 843 g/mol. The third-order valence-corrected chi connectivity index (χ3v) is 12.6. The topological polar surface area (TPSA) is 194 Å². The van der Waals surface area contributed by atoms with E-state index in [1.54, 1.807) is 39.6 Å². The van der Waals surface area contributed by atoms with Crippen molar-refractivity contribution in [3.63, 3.8) is 0 Å². The summed E-state index contributed by atoms with van der Waals surface area (Å²) in [6, 6.07) is 6.63. The molecule has 4 N–H and O–H groups in total. The summed E-state index contributed by atoms with van der Waals surface area (Å²) in [6.45, 7) is 4.02. The number of aryl methyl sites for hydroxylation is 1. The number of anilines is 2. The van der Waals surface area contributed by atoms with Gasteiger partial charge in [0.25, 0.3) is 18.2 Å². The molecule has 4 fully saturated rings. The largest absolute Gasteiger partial charge is 0.352 e. The maximum absolute atomic E-state index is 14.3. The number of alkyl halides is 3. The van der Waals surface area contributed by atoms with E-state index < -0.39 is 30.1 Å². The summed E-state index contributed by atoms with van der Waals surface area (Å²) in [5, 5.41) is 18.8. The first kappa shape index (κ1) is 40.5. The van der Waals surface area contributed by atoms with Crippen molar-refractivity contribution in [1.82, 2.24) is 49.3 Å². The number of aromatic nitrogens is 7. The van der Waals surface area contributed by atoms with Crippen molar-refractivity contribution >= 4 is 51.7 Å². The van der Waals surface area contributed by atoms with Crippen LogP contribution in [-0.2, 0) is 16.6 Å². The molecule has 61 heavy (non-hydrogen) atoms. The predicted octanol–water partition coefficient (Wildman–Crippen LogP) is 3.59. The molecular weight excluding hydrogens is 796 g/mol. The lowest BCUT2D eigenvalue weighted by Gasteiger charge is -2.38. The average Bonchev–Trinajstić information content (AvgIpc) is 3.96. The van der Waals surface area contributed by atoms with Crippen LogP contribution in [0.3, 0.4) is 0 Å². The van der Waals surface area contributed by atoms with Gasteiger partial charge in [0.1, 0.15) is 17.6 Å². The molecular formula is C41H48F3N13O4. The number of piperazine rings is 1. The van der Waals surface area contributed by atoms with Gasteiger partial charge in [-0.3, -0.25) is 38.8 Å². The van der Waals surface area contributed by atoms with Gasteiger partial charge in [0, 0.05) is 82.1 Å². The van der Waals surface area contributed by atoms with Crippen molar-refractivity contribution < 1.29 is 32.3 Å². The summed E-state index contributed by atoms with van der Waals surface area (Å²) >= 11 is 0. The van der Waals surface area contributed by atoms with Crippen molar-refractivity contribution in [1.29, 1.82) is 0 Å². The number of hydrogen-bond acceptors (Lipinski definition) is 11. The van der Waals surface area contributed by atoms with Crippen LogP contribution < -0.4 is 21.3 Å². The molecule has 322 valence electrons. The highest BCUT2D eigenvalue weighted by Gasteiger charge is 2.34. The van der Waals surface area contributed by atoms with E-state index in [1.807, 2.05) is 17.0 Å². The van der Waals surface area contributed by atoms with Crippen LogP contribution in [0.25, 0.3) is 16.6 Å². The highest BCUT2D eigenvalue weighted by atomic mass is 19.3. The van der Waals surface area contributed by atoms with Crippen molar-refractivity contribution in [3.05, 3.63) is 65.4 Å². The number of hydrogen-bond donors (Lipinski definition) is 3. The summed E-state index contributed by atoms with van der Waals surface area (Å²) in [4.78, 5) is 61.8. The molecule has 17 nitrogen and oxygen atoms in total. The number of benzene rings is 1. The number of nitrogens with two attached hydrogens (primary N) is 1. The maximum atomic E-state index is 14.3. The molecule has 4 aromatic heterocycles. The van der Waals surface area contributed by atoms with E-state index in [1.165, 1.54) is 16.9 Å². The van der Waals surface area contributed by atoms with Crippen molar-refractivity contribution in [3.8, 4) is 0 Å². The Labute approximate surface area is 348 Å². The Balaban J connectivity index is 0.781. The summed E-state index contributed by atoms with van der Waals surface area (Å²) < 4.78 is 47.5. The average molecular weight is 844 g/mol. The smallest absolute Gasteiger partial charge is 0.284 e. The first-order valence-corrected chi connectivity index (χ1v) is 20.9. The number of amides is 4. The second kappa shape index (κ2) is 16.5. The Kier molecular flexibility index (Phi) is 11.0. The first-order valence-electron chi connectivity index (χ1n) is 20.9. The van der Waals surface area contributed by atoms with Gasteiger partial charge < -0.3 is 20.9 Å². The Bertz CT molecular complexity index is 2480. The van der Waals surface area contributed by atoms with Crippen LogP contribution in [0.4, 0.5) is 24.7 Å². The number of rotatable bonds is 9. The van der Waals surface area contributed by atoms with Crippen molar-refractivity contribution in [2.45, 2.75) is 75.5 Å². The molecule has 5 aromatic rings. The van der Waals surface area contributed by atoms with E-state index in [-0.39, 0.29) is 66.1 Å². The van der Waals surface area contributed by atoms with Crippen LogP contribution in [0.5, 0.6) is 0 Å². The van der Waals surface area contributed by atoms with Crippen LogP contribution >= 0.6 is 0 Å². The van der Waals surface area contributed by atoms with E-state index >= 15 is 0 Å². The second-order valence-corrected chi connectivity index (χ2v) is 16.8. The van der Waals surface area contributed by atoms with Crippen LogP contribution in [0.1, 0.15) is 95.4 Å². The third-order valence-electron chi connectivity index (χ3n) is 12.6. The number of fused-ring (bicyclic) bond motifs is 2. The van der Waals surface area contributed by atoms with Crippen LogP contribution in [0.2, 0.25) is 0 Å². The molecule has 9 rings (SSSR count).